The summed E-state index contributed by atoms with van der Waals surface area (Å²) in [5.74, 6) is 0.474. The summed E-state index contributed by atoms with van der Waals surface area (Å²) in [6, 6.07) is 6.85. The molecule has 0 atom stereocenters. The molecule has 7 heteroatoms. The van der Waals surface area contributed by atoms with Crippen LogP contribution in [0, 0.1) is 13.8 Å². The third-order valence-corrected chi connectivity index (χ3v) is 3.37. The largest absolute Gasteiger partial charge is 0.488 e. The predicted octanol–water partition coefficient (Wildman–Crippen LogP) is 1.35. The van der Waals surface area contributed by atoms with Crippen molar-refractivity contribution in [3.05, 3.63) is 46.8 Å². The van der Waals surface area contributed by atoms with Gasteiger partial charge in [-0.3, -0.25) is 9.59 Å². The molecule has 2 amide bonds. The van der Waals surface area contributed by atoms with Gasteiger partial charge in [-0.05, 0) is 26.0 Å². The molecule has 0 bridgehead atoms. The molecule has 1 aromatic heterocycles. The van der Waals surface area contributed by atoms with Gasteiger partial charge < -0.3 is 19.9 Å². The van der Waals surface area contributed by atoms with Gasteiger partial charge in [0.15, 0.2) is 0 Å². The van der Waals surface area contributed by atoms with Crippen LogP contribution in [0.3, 0.4) is 0 Å². The fraction of sp³-hybridized carbons (Fsp3) is 0.312. The van der Waals surface area contributed by atoms with Crippen LogP contribution in [-0.4, -0.2) is 30.6 Å². The number of aryl methyl sites for hydroxylation is 2. The molecule has 0 aliphatic carbocycles. The van der Waals surface area contributed by atoms with Crippen molar-refractivity contribution < 1.29 is 18.8 Å². The summed E-state index contributed by atoms with van der Waals surface area (Å²) in [5.41, 5.74) is 1.97. The summed E-state index contributed by atoms with van der Waals surface area (Å²) in [6.07, 6.45) is 0. The molecular weight excluding hydrogens is 298 g/mol. The fourth-order valence-corrected chi connectivity index (χ4v) is 1.98. The molecule has 2 N–H and O–H groups in total. The van der Waals surface area contributed by atoms with Gasteiger partial charge in [-0.2, -0.15) is 0 Å². The zero-order valence-electron chi connectivity index (χ0n) is 13.3. The van der Waals surface area contributed by atoms with E-state index in [-0.39, 0.29) is 25.0 Å². The molecule has 0 fully saturated rings. The highest BCUT2D eigenvalue weighted by Gasteiger charge is 2.15. The second-order valence-electron chi connectivity index (χ2n) is 4.94. The van der Waals surface area contributed by atoms with Crippen molar-refractivity contribution in [2.45, 2.75) is 20.5 Å². The molecule has 0 aliphatic rings. The van der Waals surface area contributed by atoms with Gasteiger partial charge in [0.1, 0.15) is 18.1 Å². The number of nitrogens with zero attached hydrogens (tertiary/aromatic N) is 1. The highest BCUT2D eigenvalue weighted by Crippen LogP contribution is 2.21. The van der Waals surface area contributed by atoms with Gasteiger partial charge in [0.2, 0.25) is 5.91 Å². The maximum Gasteiger partial charge on any atom is 0.255 e. The van der Waals surface area contributed by atoms with Crippen molar-refractivity contribution in [1.29, 1.82) is 0 Å². The number of carbonyl (C=O) groups is 2. The van der Waals surface area contributed by atoms with Crippen molar-refractivity contribution in [3.63, 3.8) is 0 Å². The highest BCUT2D eigenvalue weighted by molar-refractivity contribution is 5.98. The van der Waals surface area contributed by atoms with Crippen LogP contribution < -0.4 is 15.4 Å². The van der Waals surface area contributed by atoms with Gasteiger partial charge in [0.25, 0.3) is 5.91 Å². The number of carbonyl (C=O) groups excluding carboxylic acids is 2. The van der Waals surface area contributed by atoms with Crippen molar-refractivity contribution >= 4 is 11.8 Å². The van der Waals surface area contributed by atoms with Crippen LogP contribution in [0.25, 0.3) is 0 Å². The van der Waals surface area contributed by atoms with Crippen LogP contribution in [0.2, 0.25) is 0 Å². The molecule has 122 valence electrons. The highest BCUT2D eigenvalue weighted by atomic mass is 16.5. The summed E-state index contributed by atoms with van der Waals surface area (Å²) >= 11 is 0. The van der Waals surface area contributed by atoms with E-state index in [9.17, 15) is 9.59 Å². The first kappa shape index (κ1) is 16.5. The Morgan fingerprint density at radius 3 is 2.65 bits per heavy atom. The molecule has 2 aromatic rings. The molecule has 0 saturated carbocycles. The number of rotatable bonds is 6. The van der Waals surface area contributed by atoms with Crippen LogP contribution in [0.15, 0.2) is 28.8 Å². The molecule has 0 radical (unpaired) electrons. The number of para-hydroxylation sites is 1. The number of likely N-dealkylation sites (N-methyl/N-ethyl adjacent to an activating group) is 1. The van der Waals surface area contributed by atoms with Crippen LogP contribution in [0.5, 0.6) is 5.75 Å². The first-order chi connectivity index (χ1) is 11.0. The Kier molecular flexibility index (Phi) is 5.35. The molecule has 2 rings (SSSR count). The van der Waals surface area contributed by atoms with Crippen LogP contribution >= 0.6 is 0 Å². The van der Waals surface area contributed by atoms with Crippen LogP contribution in [-0.2, 0) is 11.4 Å². The lowest BCUT2D eigenvalue weighted by molar-refractivity contribution is -0.119. The fourth-order valence-electron chi connectivity index (χ4n) is 1.98. The SMILES string of the molecule is CNC(=O)CNC(=O)c1ccccc1OCc1c(C)noc1C. The van der Waals surface area contributed by atoms with E-state index in [1.54, 1.807) is 31.2 Å². The molecule has 0 unspecified atom stereocenters. The third kappa shape index (κ3) is 4.09. The molecule has 7 nitrogen and oxygen atoms in total. The Balaban J connectivity index is 2.08. The van der Waals surface area contributed by atoms with E-state index in [4.69, 9.17) is 9.26 Å². The minimum atomic E-state index is -0.372. The molecular formula is C16H19N3O4. The predicted molar refractivity (Wildman–Crippen MR) is 83.2 cm³/mol. The smallest absolute Gasteiger partial charge is 0.255 e. The van der Waals surface area contributed by atoms with E-state index in [1.165, 1.54) is 7.05 Å². The van der Waals surface area contributed by atoms with E-state index in [0.29, 0.717) is 17.1 Å². The number of hydrogen-bond donors (Lipinski definition) is 2. The Bertz CT molecular complexity index is 690. The standard InChI is InChI=1S/C16H19N3O4/c1-10-13(11(2)23-19-10)9-22-14-7-5-4-6-12(14)16(21)18-8-15(20)17-3/h4-7H,8-9H2,1-3H3,(H,17,20)(H,18,21). The quantitative estimate of drug-likeness (QED) is 0.839. The zero-order valence-corrected chi connectivity index (χ0v) is 13.3. The lowest BCUT2D eigenvalue weighted by Gasteiger charge is -2.11. The Hall–Kier alpha value is -2.83. The van der Waals surface area contributed by atoms with Gasteiger partial charge in [0.05, 0.1) is 23.4 Å². The first-order valence-corrected chi connectivity index (χ1v) is 7.15. The monoisotopic (exact) mass is 317 g/mol. The molecule has 0 spiro atoms. The lowest BCUT2D eigenvalue weighted by Crippen LogP contribution is -2.35. The number of amides is 2. The van der Waals surface area contributed by atoms with Crippen molar-refractivity contribution in [1.82, 2.24) is 15.8 Å². The molecule has 23 heavy (non-hydrogen) atoms. The van der Waals surface area contributed by atoms with E-state index in [1.807, 2.05) is 6.92 Å². The van der Waals surface area contributed by atoms with Crippen molar-refractivity contribution in [2.24, 2.45) is 0 Å². The van der Waals surface area contributed by atoms with Crippen LogP contribution in [0.1, 0.15) is 27.4 Å². The Morgan fingerprint density at radius 2 is 2.00 bits per heavy atom. The van der Waals surface area contributed by atoms with Gasteiger partial charge >= 0.3 is 0 Å². The van der Waals surface area contributed by atoms with Gasteiger partial charge in [-0.15, -0.1) is 0 Å². The first-order valence-electron chi connectivity index (χ1n) is 7.15. The third-order valence-electron chi connectivity index (χ3n) is 3.37. The van der Waals surface area contributed by atoms with Gasteiger partial charge in [-0.1, -0.05) is 17.3 Å². The average Bonchev–Trinajstić information content (AvgIpc) is 2.89. The summed E-state index contributed by atoms with van der Waals surface area (Å²) in [6.45, 7) is 3.80. The Labute approximate surface area is 134 Å². The number of benzene rings is 1. The molecule has 0 aliphatic heterocycles. The number of aromatic nitrogens is 1. The normalized spacial score (nSPS) is 10.2. The van der Waals surface area contributed by atoms with Crippen molar-refractivity contribution in [3.8, 4) is 5.75 Å². The summed E-state index contributed by atoms with van der Waals surface area (Å²) < 4.78 is 10.8. The summed E-state index contributed by atoms with van der Waals surface area (Å²) in [5, 5.41) is 8.85. The molecule has 1 heterocycles. The van der Waals surface area contributed by atoms with E-state index < -0.39 is 0 Å². The van der Waals surface area contributed by atoms with Gasteiger partial charge in [0, 0.05) is 7.05 Å². The maximum absolute atomic E-state index is 12.2. The second kappa shape index (κ2) is 7.44. The lowest BCUT2D eigenvalue weighted by atomic mass is 10.2. The summed E-state index contributed by atoms with van der Waals surface area (Å²) in [4.78, 5) is 23.4. The second-order valence-corrected chi connectivity index (χ2v) is 4.94. The Morgan fingerprint density at radius 1 is 1.26 bits per heavy atom. The van der Waals surface area contributed by atoms with E-state index >= 15 is 0 Å². The average molecular weight is 317 g/mol. The van der Waals surface area contributed by atoms with Crippen LogP contribution in [0.4, 0.5) is 0 Å². The minimum absolute atomic E-state index is 0.0897. The number of ether oxygens (including phenoxy) is 1. The van der Waals surface area contributed by atoms with Gasteiger partial charge in [-0.25, -0.2) is 0 Å². The van der Waals surface area contributed by atoms with E-state index in [0.717, 1.165) is 11.3 Å². The van der Waals surface area contributed by atoms with E-state index in [2.05, 4.69) is 15.8 Å². The molecule has 0 saturated heterocycles. The summed E-state index contributed by atoms with van der Waals surface area (Å²) in [7, 11) is 1.51. The maximum atomic E-state index is 12.2. The van der Waals surface area contributed by atoms with Crippen molar-refractivity contribution in [2.75, 3.05) is 13.6 Å². The number of nitrogens with one attached hydrogen (secondary N) is 2. The topological polar surface area (TPSA) is 93.5 Å². The molecule has 1 aromatic carbocycles. The minimum Gasteiger partial charge on any atom is -0.488 e. The zero-order chi connectivity index (χ0) is 16.8. The number of hydrogen-bond acceptors (Lipinski definition) is 5.